The second-order valence-electron chi connectivity index (χ2n) is 5.56. The minimum absolute atomic E-state index is 0.106. The van der Waals surface area contributed by atoms with E-state index in [4.69, 9.17) is 11.6 Å². The summed E-state index contributed by atoms with van der Waals surface area (Å²) in [5.74, 6) is -3.32. The molecule has 2 N–H and O–H groups in total. The van der Waals surface area contributed by atoms with Crippen LogP contribution < -0.4 is 10.6 Å². The van der Waals surface area contributed by atoms with Gasteiger partial charge in [-0.2, -0.15) is 0 Å². The Bertz CT molecular complexity index is 796. The number of carbonyl (C=O) groups excluding carboxylic acids is 2. The van der Waals surface area contributed by atoms with Crippen LogP contribution in [0.4, 0.5) is 20.2 Å². The van der Waals surface area contributed by atoms with Gasteiger partial charge in [0.25, 0.3) is 0 Å². The molecule has 24 heavy (non-hydrogen) atoms. The number of hydrogen-bond donors (Lipinski definition) is 2. The third-order valence-corrected chi connectivity index (χ3v) is 4.02. The van der Waals surface area contributed by atoms with E-state index in [9.17, 15) is 18.4 Å². The number of carbonyl (C=O) groups is 2. The van der Waals surface area contributed by atoms with Crippen molar-refractivity contribution in [2.45, 2.75) is 6.42 Å². The van der Waals surface area contributed by atoms with Crippen molar-refractivity contribution < 1.29 is 18.4 Å². The Hall–Kier alpha value is -2.47. The normalized spacial score (nSPS) is 18.8. The Morgan fingerprint density at radius 2 is 1.58 bits per heavy atom. The van der Waals surface area contributed by atoms with Gasteiger partial charge in [0.2, 0.25) is 11.8 Å². The predicted molar refractivity (Wildman–Crippen MR) is 86.7 cm³/mol. The van der Waals surface area contributed by atoms with Crippen molar-refractivity contribution >= 4 is 34.8 Å². The molecule has 4 nitrogen and oxygen atoms in total. The Balaban J connectivity index is 1.57. The van der Waals surface area contributed by atoms with Gasteiger partial charge in [0, 0.05) is 16.8 Å². The first kappa shape index (κ1) is 16.4. The van der Waals surface area contributed by atoms with E-state index in [1.807, 2.05) is 0 Å². The second kappa shape index (κ2) is 6.57. The molecule has 0 bridgehead atoms. The Kier molecular flexibility index (Phi) is 4.49. The monoisotopic (exact) mass is 350 g/mol. The number of nitrogens with one attached hydrogen (secondary N) is 2. The lowest BCUT2D eigenvalue weighted by Gasteiger charge is -2.07. The van der Waals surface area contributed by atoms with Crippen LogP contribution in [0, 0.1) is 23.5 Å². The van der Waals surface area contributed by atoms with E-state index in [1.165, 1.54) is 0 Å². The summed E-state index contributed by atoms with van der Waals surface area (Å²) in [6, 6.07) is 9.49. The van der Waals surface area contributed by atoms with Gasteiger partial charge in [-0.05, 0) is 42.8 Å². The van der Waals surface area contributed by atoms with Gasteiger partial charge in [-0.15, -0.1) is 0 Å². The molecule has 0 heterocycles. The average Bonchev–Trinajstić information content (AvgIpc) is 3.33. The third kappa shape index (κ3) is 3.71. The van der Waals surface area contributed by atoms with E-state index < -0.39 is 29.4 Å². The number of halogens is 3. The summed E-state index contributed by atoms with van der Waals surface area (Å²) >= 11 is 5.77. The molecule has 2 aromatic rings. The van der Waals surface area contributed by atoms with Gasteiger partial charge < -0.3 is 10.6 Å². The molecule has 1 aliphatic carbocycles. The smallest absolute Gasteiger partial charge is 0.228 e. The lowest BCUT2D eigenvalue weighted by atomic mass is 10.2. The SMILES string of the molecule is O=C(Nc1ccc(Cl)cc1)C1CC1C(=O)Nc1ccc(F)cc1F. The topological polar surface area (TPSA) is 58.2 Å². The number of rotatable bonds is 4. The molecule has 124 valence electrons. The number of anilines is 2. The van der Waals surface area contributed by atoms with Gasteiger partial charge in [-0.1, -0.05) is 11.6 Å². The molecule has 0 spiro atoms. The first-order valence-corrected chi connectivity index (χ1v) is 7.64. The van der Waals surface area contributed by atoms with Crippen molar-refractivity contribution in [3.8, 4) is 0 Å². The zero-order valence-electron chi connectivity index (χ0n) is 12.4. The molecule has 2 unspecified atom stereocenters. The van der Waals surface area contributed by atoms with E-state index >= 15 is 0 Å². The summed E-state index contributed by atoms with van der Waals surface area (Å²) in [6.07, 6.45) is 0.383. The van der Waals surface area contributed by atoms with Crippen molar-refractivity contribution in [1.82, 2.24) is 0 Å². The highest BCUT2D eigenvalue weighted by atomic mass is 35.5. The lowest BCUT2D eigenvalue weighted by Crippen LogP contribution is -2.21. The van der Waals surface area contributed by atoms with Crippen LogP contribution in [0.25, 0.3) is 0 Å². The van der Waals surface area contributed by atoms with E-state index in [2.05, 4.69) is 10.6 Å². The summed E-state index contributed by atoms with van der Waals surface area (Å²) < 4.78 is 26.4. The number of amides is 2. The van der Waals surface area contributed by atoms with Gasteiger partial charge >= 0.3 is 0 Å². The van der Waals surface area contributed by atoms with Crippen LogP contribution in [0.2, 0.25) is 5.02 Å². The fourth-order valence-electron chi connectivity index (χ4n) is 2.36. The molecule has 0 aliphatic heterocycles. The van der Waals surface area contributed by atoms with Crippen molar-refractivity contribution in [1.29, 1.82) is 0 Å². The molecule has 1 saturated carbocycles. The van der Waals surface area contributed by atoms with Crippen molar-refractivity contribution in [3.05, 3.63) is 59.1 Å². The highest BCUT2D eigenvalue weighted by Gasteiger charge is 2.48. The van der Waals surface area contributed by atoms with Gasteiger partial charge in [0.1, 0.15) is 11.6 Å². The first-order chi connectivity index (χ1) is 11.4. The average molecular weight is 351 g/mol. The molecule has 0 aromatic heterocycles. The zero-order valence-corrected chi connectivity index (χ0v) is 13.1. The Morgan fingerprint density at radius 1 is 0.958 bits per heavy atom. The van der Waals surface area contributed by atoms with Crippen LogP contribution >= 0.6 is 11.6 Å². The summed E-state index contributed by atoms with van der Waals surface area (Å²) in [7, 11) is 0. The fraction of sp³-hybridized carbons (Fsp3) is 0.176. The predicted octanol–water partition coefficient (Wildman–Crippen LogP) is 3.83. The summed E-state index contributed by atoms with van der Waals surface area (Å²) in [5.41, 5.74) is 0.477. The van der Waals surface area contributed by atoms with Crippen LogP contribution in [0.1, 0.15) is 6.42 Å². The van der Waals surface area contributed by atoms with E-state index in [-0.39, 0.29) is 11.6 Å². The van der Waals surface area contributed by atoms with Crippen molar-refractivity contribution in [2.75, 3.05) is 10.6 Å². The third-order valence-electron chi connectivity index (χ3n) is 3.76. The van der Waals surface area contributed by atoms with Gasteiger partial charge in [0.05, 0.1) is 17.5 Å². The van der Waals surface area contributed by atoms with Crippen LogP contribution in [0.5, 0.6) is 0 Å². The summed E-state index contributed by atoms with van der Waals surface area (Å²) in [4.78, 5) is 24.1. The fourth-order valence-corrected chi connectivity index (χ4v) is 2.48. The van der Waals surface area contributed by atoms with E-state index in [0.29, 0.717) is 23.2 Å². The highest BCUT2D eigenvalue weighted by Crippen LogP contribution is 2.40. The van der Waals surface area contributed by atoms with Crippen LogP contribution in [-0.2, 0) is 9.59 Å². The molecule has 7 heteroatoms. The molecule has 1 fully saturated rings. The second-order valence-corrected chi connectivity index (χ2v) is 5.99. The molecule has 3 rings (SSSR count). The standard InChI is InChI=1S/C17H13ClF2N2O2/c18-9-1-4-11(5-2-9)21-16(23)12-8-13(12)17(24)22-15-6-3-10(19)7-14(15)20/h1-7,12-13H,8H2,(H,21,23)(H,22,24). The quantitative estimate of drug-likeness (QED) is 0.880. The highest BCUT2D eigenvalue weighted by molar-refractivity contribution is 6.30. The maximum Gasteiger partial charge on any atom is 0.228 e. The molecule has 0 radical (unpaired) electrons. The molecular formula is C17H13ClF2N2O2. The molecule has 2 aromatic carbocycles. The van der Waals surface area contributed by atoms with Crippen molar-refractivity contribution in [2.24, 2.45) is 11.8 Å². The maximum atomic E-state index is 13.5. The van der Waals surface area contributed by atoms with Crippen LogP contribution in [0.15, 0.2) is 42.5 Å². The largest absolute Gasteiger partial charge is 0.326 e. The zero-order chi connectivity index (χ0) is 17.3. The number of hydrogen-bond acceptors (Lipinski definition) is 2. The van der Waals surface area contributed by atoms with Gasteiger partial charge in [-0.25, -0.2) is 8.78 Å². The van der Waals surface area contributed by atoms with Crippen LogP contribution in [0.3, 0.4) is 0 Å². The van der Waals surface area contributed by atoms with E-state index in [0.717, 1.165) is 12.1 Å². The summed E-state index contributed by atoms with van der Waals surface area (Å²) in [5, 5.41) is 5.63. The van der Waals surface area contributed by atoms with Crippen molar-refractivity contribution in [3.63, 3.8) is 0 Å². The van der Waals surface area contributed by atoms with Gasteiger partial charge in [-0.3, -0.25) is 9.59 Å². The Morgan fingerprint density at radius 3 is 2.21 bits per heavy atom. The molecule has 2 atom stereocenters. The molecule has 1 aliphatic rings. The minimum Gasteiger partial charge on any atom is -0.326 e. The van der Waals surface area contributed by atoms with Gasteiger partial charge in [0.15, 0.2) is 0 Å². The maximum absolute atomic E-state index is 13.5. The van der Waals surface area contributed by atoms with E-state index in [1.54, 1.807) is 24.3 Å². The molecular weight excluding hydrogens is 338 g/mol. The first-order valence-electron chi connectivity index (χ1n) is 7.26. The molecule has 2 amide bonds. The Labute approximate surface area is 141 Å². The molecule has 0 saturated heterocycles. The lowest BCUT2D eigenvalue weighted by molar-refractivity contribution is -0.122. The summed E-state index contributed by atoms with van der Waals surface area (Å²) in [6.45, 7) is 0. The van der Waals surface area contributed by atoms with Crippen LogP contribution in [-0.4, -0.2) is 11.8 Å². The number of benzene rings is 2. The minimum atomic E-state index is -0.855.